The minimum Gasteiger partial charge on any atom is -0.475 e. The third kappa shape index (κ3) is 3.23. The molecule has 3 aromatic heterocycles. The summed E-state index contributed by atoms with van der Waals surface area (Å²) in [5.41, 5.74) is 3.90. The number of H-pyrrole nitrogens is 1. The number of aromatic nitrogens is 5. The maximum atomic E-state index is 15.0. The van der Waals surface area contributed by atoms with E-state index in [1.54, 1.807) is 13.1 Å². The Labute approximate surface area is 176 Å². The van der Waals surface area contributed by atoms with Crippen LogP contribution in [-0.4, -0.2) is 35.8 Å². The van der Waals surface area contributed by atoms with Gasteiger partial charge >= 0.3 is 5.97 Å². The standard InChI is InChI=1S/C21H19ClFN5O2/c1-9(2)11-6-16(18-10(3)26-27-19(18)22)24-15-7-14(23)13(5-12(11)15)17-8-28(4)20(25-17)21(29)30/h5-9H,1-4H3,(H,26,27)(H,29,30). The molecule has 0 atom stereocenters. The summed E-state index contributed by atoms with van der Waals surface area (Å²) in [7, 11) is 1.56. The maximum Gasteiger partial charge on any atom is 0.372 e. The number of carboxylic acid groups (broad SMARTS) is 1. The summed E-state index contributed by atoms with van der Waals surface area (Å²) in [4.78, 5) is 20.0. The highest BCUT2D eigenvalue weighted by atomic mass is 35.5. The smallest absolute Gasteiger partial charge is 0.372 e. The van der Waals surface area contributed by atoms with Crippen molar-refractivity contribution in [2.45, 2.75) is 26.7 Å². The number of imidazole rings is 1. The van der Waals surface area contributed by atoms with E-state index in [1.165, 1.54) is 16.8 Å². The molecule has 0 spiro atoms. The molecule has 154 valence electrons. The van der Waals surface area contributed by atoms with Crippen LogP contribution in [-0.2, 0) is 7.05 Å². The number of halogens is 2. The molecule has 4 rings (SSSR count). The van der Waals surface area contributed by atoms with E-state index in [9.17, 15) is 9.90 Å². The van der Waals surface area contributed by atoms with Crippen LogP contribution in [0.3, 0.4) is 0 Å². The number of aromatic amines is 1. The SMILES string of the molecule is Cc1n[nH]c(Cl)c1-c1cc(C(C)C)c2cc(-c3cn(C)c(C(=O)O)n3)c(F)cc2n1. The van der Waals surface area contributed by atoms with Crippen molar-refractivity contribution in [3.63, 3.8) is 0 Å². The molecule has 30 heavy (non-hydrogen) atoms. The monoisotopic (exact) mass is 427 g/mol. The summed E-state index contributed by atoms with van der Waals surface area (Å²) in [5, 5.41) is 17.2. The molecule has 0 unspecified atom stereocenters. The van der Waals surface area contributed by atoms with Crippen LogP contribution in [0.4, 0.5) is 4.39 Å². The second-order valence-electron chi connectivity index (χ2n) is 7.46. The highest BCUT2D eigenvalue weighted by Gasteiger charge is 2.20. The van der Waals surface area contributed by atoms with Gasteiger partial charge in [0.05, 0.1) is 28.2 Å². The molecular weight excluding hydrogens is 409 g/mol. The van der Waals surface area contributed by atoms with Gasteiger partial charge < -0.3 is 9.67 Å². The number of nitrogens with one attached hydrogen (secondary N) is 1. The Morgan fingerprint density at radius 3 is 2.53 bits per heavy atom. The summed E-state index contributed by atoms with van der Waals surface area (Å²) in [5.74, 6) is -1.75. The Kier molecular flexibility index (Phi) is 4.82. The number of pyridine rings is 1. The fourth-order valence-corrected chi connectivity index (χ4v) is 3.85. The van der Waals surface area contributed by atoms with E-state index >= 15 is 4.39 Å². The minimum atomic E-state index is -1.17. The maximum absolute atomic E-state index is 15.0. The molecule has 0 saturated carbocycles. The highest BCUT2D eigenvalue weighted by Crippen LogP contribution is 2.36. The molecule has 0 radical (unpaired) electrons. The van der Waals surface area contributed by atoms with Gasteiger partial charge in [0, 0.05) is 30.3 Å². The van der Waals surface area contributed by atoms with Crippen molar-refractivity contribution in [3.8, 4) is 22.5 Å². The molecule has 7 nitrogen and oxygen atoms in total. The molecule has 0 aliphatic rings. The second kappa shape index (κ2) is 7.21. The van der Waals surface area contributed by atoms with Gasteiger partial charge in [-0.15, -0.1) is 0 Å². The summed E-state index contributed by atoms with van der Waals surface area (Å²) >= 11 is 6.25. The molecule has 9 heteroatoms. The Hall–Kier alpha value is -3.26. The van der Waals surface area contributed by atoms with Crippen molar-refractivity contribution in [2.75, 3.05) is 0 Å². The Bertz CT molecular complexity index is 1290. The van der Waals surface area contributed by atoms with Crippen molar-refractivity contribution < 1.29 is 14.3 Å². The second-order valence-corrected chi connectivity index (χ2v) is 7.84. The zero-order chi connectivity index (χ0) is 21.7. The van der Waals surface area contributed by atoms with Gasteiger partial charge in [-0.3, -0.25) is 5.10 Å². The Morgan fingerprint density at radius 1 is 1.23 bits per heavy atom. The van der Waals surface area contributed by atoms with Crippen molar-refractivity contribution in [2.24, 2.45) is 7.05 Å². The first-order valence-electron chi connectivity index (χ1n) is 9.29. The largest absolute Gasteiger partial charge is 0.475 e. The van der Waals surface area contributed by atoms with Crippen molar-refractivity contribution in [1.82, 2.24) is 24.7 Å². The number of carboxylic acids is 1. The van der Waals surface area contributed by atoms with Gasteiger partial charge in [0.25, 0.3) is 0 Å². The number of nitrogens with zero attached hydrogens (tertiary/aromatic N) is 4. The quantitative estimate of drug-likeness (QED) is 0.480. The summed E-state index contributed by atoms with van der Waals surface area (Å²) < 4.78 is 16.4. The number of hydrogen-bond acceptors (Lipinski definition) is 4. The molecule has 4 aromatic rings. The molecule has 0 aliphatic carbocycles. The van der Waals surface area contributed by atoms with Gasteiger partial charge in [-0.1, -0.05) is 25.4 Å². The summed E-state index contributed by atoms with van der Waals surface area (Å²) in [6.45, 7) is 5.90. The zero-order valence-electron chi connectivity index (χ0n) is 16.8. The van der Waals surface area contributed by atoms with Gasteiger partial charge in [-0.05, 0) is 30.5 Å². The lowest BCUT2D eigenvalue weighted by Crippen LogP contribution is -2.05. The lowest BCUT2D eigenvalue weighted by molar-refractivity contribution is 0.0680. The van der Waals surface area contributed by atoms with E-state index in [2.05, 4.69) is 20.2 Å². The molecule has 3 heterocycles. The molecule has 0 amide bonds. The first-order valence-corrected chi connectivity index (χ1v) is 9.67. The van der Waals surface area contributed by atoms with Crippen LogP contribution in [0.25, 0.3) is 33.4 Å². The number of hydrogen-bond donors (Lipinski definition) is 2. The van der Waals surface area contributed by atoms with Crippen LogP contribution in [0.2, 0.25) is 5.15 Å². The van der Waals surface area contributed by atoms with E-state index in [4.69, 9.17) is 11.6 Å². The van der Waals surface area contributed by atoms with Gasteiger partial charge in [-0.25, -0.2) is 19.2 Å². The topological polar surface area (TPSA) is 96.7 Å². The van der Waals surface area contributed by atoms with Crippen molar-refractivity contribution in [1.29, 1.82) is 0 Å². The van der Waals surface area contributed by atoms with Gasteiger partial charge in [-0.2, -0.15) is 5.10 Å². The first kappa shape index (κ1) is 20.0. The minimum absolute atomic E-state index is 0.122. The number of benzene rings is 1. The van der Waals surface area contributed by atoms with Crippen molar-refractivity contribution in [3.05, 3.63) is 52.4 Å². The van der Waals surface area contributed by atoms with Gasteiger partial charge in [0.2, 0.25) is 5.82 Å². The van der Waals surface area contributed by atoms with Gasteiger partial charge in [0.15, 0.2) is 0 Å². The van der Waals surface area contributed by atoms with Crippen LogP contribution in [0, 0.1) is 12.7 Å². The third-order valence-electron chi connectivity index (χ3n) is 5.05. The number of aryl methyl sites for hydroxylation is 2. The van der Waals surface area contributed by atoms with Crippen LogP contribution in [0.1, 0.15) is 41.6 Å². The van der Waals surface area contributed by atoms with E-state index in [0.29, 0.717) is 27.6 Å². The molecule has 0 fully saturated rings. The number of rotatable bonds is 4. The van der Waals surface area contributed by atoms with E-state index in [0.717, 1.165) is 10.9 Å². The Morgan fingerprint density at radius 2 is 1.97 bits per heavy atom. The van der Waals surface area contributed by atoms with Crippen LogP contribution >= 0.6 is 11.6 Å². The molecule has 0 aliphatic heterocycles. The average Bonchev–Trinajstić information content (AvgIpc) is 3.22. The predicted octanol–water partition coefficient (Wildman–Crippen LogP) is 4.95. The third-order valence-corrected chi connectivity index (χ3v) is 5.33. The van der Waals surface area contributed by atoms with E-state index in [-0.39, 0.29) is 23.0 Å². The fourth-order valence-electron chi connectivity index (χ4n) is 3.57. The fraction of sp³-hybridized carbons (Fsp3) is 0.238. The Balaban J connectivity index is 1.97. The lowest BCUT2D eigenvalue weighted by atomic mass is 9.94. The first-order chi connectivity index (χ1) is 14.2. The molecule has 2 N–H and O–H groups in total. The molecular formula is C21H19ClFN5O2. The predicted molar refractivity (Wildman–Crippen MR) is 112 cm³/mol. The van der Waals surface area contributed by atoms with Crippen molar-refractivity contribution >= 4 is 28.5 Å². The number of carbonyl (C=O) groups is 1. The highest BCUT2D eigenvalue weighted by molar-refractivity contribution is 6.32. The molecule has 0 saturated heterocycles. The van der Waals surface area contributed by atoms with Gasteiger partial charge in [0.1, 0.15) is 11.0 Å². The van der Waals surface area contributed by atoms with Crippen LogP contribution in [0.15, 0.2) is 24.4 Å². The number of fused-ring (bicyclic) bond motifs is 1. The van der Waals surface area contributed by atoms with Crippen LogP contribution < -0.4 is 0 Å². The average molecular weight is 428 g/mol. The molecule has 1 aromatic carbocycles. The summed E-state index contributed by atoms with van der Waals surface area (Å²) in [6.07, 6.45) is 1.50. The molecule has 0 bridgehead atoms. The van der Waals surface area contributed by atoms with E-state index < -0.39 is 11.8 Å². The summed E-state index contributed by atoms with van der Waals surface area (Å²) in [6, 6.07) is 4.95. The van der Waals surface area contributed by atoms with Crippen LogP contribution in [0.5, 0.6) is 0 Å². The zero-order valence-corrected chi connectivity index (χ0v) is 17.5. The van der Waals surface area contributed by atoms with E-state index in [1.807, 2.05) is 26.8 Å². The normalized spacial score (nSPS) is 11.6. The lowest BCUT2D eigenvalue weighted by Gasteiger charge is -2.14. The number of aromatic carboxylic acids is 1.